The zero-order valence-electron chi connectivity index (χ0n) is 11.1. The summed E-state index contributed by atoms with van der Waals surface area (Å²) in [5.41, 5.74) is 2.18. The van der Waals surface area contributed by atoms with Crippen LogP contribution in [0.1, 0.15) is 35.9 Å². The Kier molecular flexibility index (Phi) is 4.02. The largest absolute Gasteiger partial charge is 0.392 e. The van der Waals surface area contributed by atoms with Crippen LogP contribution >= 0.6 is 0 Å². The number of aromatic nitrogens is 1. The number of hydrogen-bond acceptors (Lipinski definition) is 2. The first kappa shape index (κ1) is 13.4. The Balaban J connectivity index is 2.13. The van der Waals surface area contributed by atoms with Crippen LogP contribution in [0.15, 0.2) is 42.6 Å². The Labute approximate surface area is 112 Å². The zero-order valence-corrected chi connectivity index (χ0v) is 11.1. The lowest BCUT2D eigenvalue weighted by atomic mass is 10.2. The van der Waals surface area contributed by atoms with Crippen LogP contribution in [0.5, 0.6) is 0 Å². The van der Waals surface area contributed by atoms with Gasteiger partial charge in [-0.15, -0.1) is 0 Å². The first-order valence-corrected chi connectivity index (χ1v) is 6.30. The minimum Gasteiger partial charge on any atom is -0.392 e. The van der Waals surface area contributed by atoms with Crippen molar-refractivity contribution in [2.45, 2.75) is 26.5 Å². The summed E-state index contributed by atoms with van der Waals surface area (Å²) >= 11 is 0. The summed E-state index contributed by atoms with van der Waals surface area (Å²) < 4.78 is 1.93. The first-order chi connectivity index (χ1) is 9.11. The van der Waals surface area contributed by atoms with E-state index in [1.807, 2.05) is 30.7 Å². The van der Waals surface area contributed by atoms with Crippen LogP contribution in [-0.4, -0.2) is 15.6 Å². The molecule has 0 atom stereocenters. The van der Waals surface area contributed by atoms with Crippen LogP contribution in [0.3, 0.4) is 0 Å². The molecule has 100 valence electrons. The van der Waals surface area contributed by atoms with E-state index in [0.717, 1.165) is 11.3 Å². The Morgan fingerprint density at radius 2 is 1.95 bits per heavy atom. The molecule has 2 rings (SSSR count). The smallest absolute Gasteiger partial charge is 0.272 e. The number of aliphatic hydroxyl groups excluding tert-OH is 1. The number of anilines is 1. The number of amides is 1. The fourth-order valence-corrected chi connectivity index (χ4v) is 1.93. The average molecular weight is 258 g/mol. The highest BCUT2D eigenvalue weighted by Gasteiger charge is 2.12. The Morgan fingerprint density at radius 3 is 2.53 bits per heavy atom. The normalized spacial score (nSPS) is 10.7. The third-order valence-electron chi connectivity index (χ3n) is 2.96. The molecule has 2 aromatic rings. The molecule has 0 fully saturated rings. The van der Waals surface area contributed by atoms with Gasteiger partial charge in [-0.3, -0.25) is 4.79 Å². The Hall–Kier alpha value is -2.07. The summed E-state index contributed by atoms with van der Waals surface area (Å²) in [5.74, 6) is -0.129. The SMILES string of the molecule is CC(C)n1cccc1C(=O)Nc1ccc(CO)cc1. The van der Waals surface area contributed by atoms with Crippen LogP contribution in [0, 0.1) is 0 Å². The summed E-state index contributed by atoms with van der Waals surface area (Å²) in [6, 6.07) is 11.1. The molecule has 19 heavy (non-hydrogen) atoms. The van der Waals surface area contributed by atoms with Crippen molar-refractivity contribution in [2.75, 3.05) is 5.32 Å². The van der Waals surface area contributed by atoms with Crippen molar-refractivity contribution in [1.82, 2.24) is 4.57 Å². The van der Waals surface area contributed by atoms with E-state index in [0.29, 0.717) is 5.69 Å². The molecular weight excluding hydrogens is 240 g/mol. The van der Waals surface area contributed by atoms with E-state index in [1.165, 1.54) is 0 Å². The maximum absolute atomic E-state index is 12.2. The van der Waals surface area contributed by atoms with E-state index in [2.05, 4.69) is 5.32 Å². The van der Waals surface area contributed by atoms with E-state index in [9.17, 15) is 4.79 Å². The van der Waals surface area contributed by atoms with Crippen LogP contribution in [0.2, 0.25) is 0 Å². The molecule has 1 aromatic carbocycles. The van der Waals surface area contributed by atoms with Gasteiger partial charge in [0, 0.05) is 17.9 Å². The van der Waals surface area contributed by atoms with Crippen molar-refractivity contribution < 1.29 is 9.90 Å². The fraction of sp³-hybridized carbons (Fsp3) is 0.267. The zero-order chi connectivity index (χ0) is 13.8. The maximum Gasteiger partial charge on any atom is 0.272 e. The van der Waals surface area contributed by atoms with Gasteiger partial charge >= 0.3 is 0 Å². The molecule has 1 heterocycles. The number of rotatable bonds is 4. The third-order valence-corrected chi connectivity index (χ3v) is 2.96. The number of nitrogens with one attached hydrogen (secondary N) is 1. The molecule has 2 N–H and O–H groups in total. The highest BCUT2D eigenvalue weighted by Crippen LogP contribution is 2.14. The number of nitrogens with zero attached hydrogens (tertiary/aromatic N) is 1. The van der Waals surface area contributed by atoms with Crippen molar-refractivity contribution in [3.05, 3.63) is 53.9 Å². The van der Waals surface area contributed by atoms with Crippen molar-refractivity contribution in [2.24, 2.45) is 0 Å². The maximum atomic E-state index is 12.2. The van der Waals surface area contributed by atoms with E-state index in [-0.39, 0.29) is 18.6 Å². The van der Waals surface area contributed by atoms with E-state index >= 15 is 0 Å². The number of aliphatic hydroxyl groups is 1. The van der Waals surface area contributed by atoms with Crippen LogP contribution in [0.4, 0.5) is 5.69 Å². The van der Waals surface area contributed by atoms with E-state index in [4.69, 9.17) is 5.11 Å². The van der Waals surface area contributed by atoms with Gasteiger partial charge in [0.05, 0.1) is 6.61 Å². The lowest BCUT2D eigenvalue weighted by molar-refractivity contribution is 0.101. The van der Waals surface area contributed by atoms with Gasteiger partial charge in [0.15, 0.2) is 0 Å². The monoisotopic (exact) mass is 258 g/mol. The molecule has 0 radical (unpaired) electrons. The van der Waals surface area contributed by atoms with Crippen LogP contribution < -0.4 is 5.32 Å². The molecule has 1 aromatic heterocycles. The lowest BCUT2D eigenvalue weighted by Crippen LogP contribution is -2.17. The van der Waals surface area contributed by atoms with Crippen LogP contribution in [0.25, 0.3) is 0 Å². The molecule has 4 heteroatoms. The van der Waals surface area contributed by atoms with Crippen molar-refractivity contribution >= 4 is 11.6 Å². The molecule has 0 bridgehead atoms. The second-order valence-corrected chi connectivity index (χ2v) is 4.70. The molecule has 1 amide bonds. The summed E-state index contributed by atoms with van der Waals surface area (Å²) in [4.78, 5) is 12.2. The third kappa shape index (κ3) is 3.03. The van der Waals surface area contributed by atoms with Gasteiger partial charge in [0.1, 0.15) is 5.69 Å². The van der Waals surface area contributed by atoms with E-state index in [1.54, 1.807) is 30.3 Å². The molecule has 4 nitrogen and oxygen atoms in total. The molecule has 0 aliphatic heterocycles. The Bertz CT molecular complexity index is 556. The van der Waals surface area contributed by atoms with Crippen molar-refractivity contribution in [3.63, 3.8) is 0 Å². The van der Waals surface area contributed by atoms with Gasteiger partial charge in [0.25, 0.3) is 5.91 Å². The molecule has 0 aliphatic carbocycles. The molecule has 0 saturated carbocycles. The fourth-order valence-electron chi connectivity index (χ4n) is 1.93. The number of hydrogen-bond donors (Lipinski definition) is 2. The minimum absolute atomic E-state index is 0.00439. The molecule has 0 aliphatic rings. The minimum atomic E-state index is -0.129. The summed E-state index contributed by atoms with van der Waals surface area (Å²) in [6.45, 7) is 4.07. The van der Waals surface area contributed by atoms with Gasteiger partial charge in [-0.1, -0.05) is 12.1 Å². The summed E-state index contributed by atoms with van der Waals surface area (Å²) in [6.07, 6.45) is 1.90. The lowest BCUT2D eigenvalue weighted by Gasteiger charge is -2.13. The quantitative estimate of drug-likeness (QED) is 0.886. The summed E-state index contributed by atoms with van der Waals surface area (Å²) in [5, 5.41) is 11.8. The van der Waals surface area contributed by atoms with Crippen molar-refractivity contribution in [3.8, 4) is 0 Å². The van der Waals surface area contributed by atoms with Gasteiger partial charge < -0.3 is 15.0 Å². The molecule has 0 unspecified atom stereocenters. The topological polar surface area (TPSA) is 54.3 Å². The van der Waals surface area contributed by atoms with Gasteiger partial charge in [0.2, 0.25) is 0 Å². The highest BCUT2D eigenvalue weighted by molar-refractivity contribution is 6.03. The van der Waals surface area contributed by atoms with Gasteiger partial charge in [-0.25, -0.2) is 0 Å². The predicted octanol–water partition coefficient (Wildman–Crippen LogP) is 2.81. The Morgan fingerprint density at radius 1 is 1.26 bits per heavy atom. The standard InChI is InChI=1S/C15H18N2O2/c1-11(2)17-9-3-4-14(17)15(19)16-13-7-5-12(10-18)6-8-13/h3-9,11,18H,10H2,1-2H3,(H,16,19). The highest BCUT2D eigenvalue weighted by atomic mass is 16.3. The van der Waals surface area contributed by atoms with Crippen molar-refractivity contribution in [1.29, 1.82) is 0 Å². The number of benzene rings is 1. The molecular formula is C15H18N2O2. The van der Waals surface area contributed by atoms with Crippen LogP contribution in [-0.2, 0) is 6.61 Å². The summed E-state index contributed by atoms with van der Waals surface area (Å²) in [7, 11) is 0. The van der Waals surface area contributed by atoms with Gasteiger partial charge in [-0.05, 0) is 43.7 Å². The average Bonchev–Trinajstić information content (AvgIpc) is 2.89. The predicted molar refractivity (Wildman–Crippen MR) is 75.1 cm³/mol. The molecule has 0 spiro atoms. The number of carbonyl (C=O) groups excluding carboxylic acids is 1. The first-order valence-electron chi connectivity index (χ1n) is 6.30. The second-order valence-electron chi connectivity index (χ2n) is 4.70. The number of carbonyl (C=O) groups is 1. The van der Waals surface area contributed by atoms with Gasteiger partial charge in [-0.2, -0.15) is 0 Å². The molecule has 0 saturated heterocycles. The van der Waals surface area contributed by atoms with E-state index < -0.39 is 0 Å². The second kappa shape index (κ2) is 5.71.